The third-order valence-electron chi connectivity index (χ3n) is 5.86. The minimum Gasteiger partial charge on any atom is -0.475 e. The smallest absolute Gasteiger partial charge is 0.475 e. The summed E-state index contributed by atoms with van der Waals surface area (Å²) >= 11 is 0. The van der Waals surface area contributed by atoms with Crippen molar-refractivity contribution in [2.45, 2.75) is 37.9 Å². The lowest BCUT2D eigenvalue weighted by Gasteiger charge is -2.28. The third-order valence-corrected chi connectivity index (χ3v) is 5.86. The SMILES string of the molecule is O=C(O)C(F)(F)F.O=C(c1ccc(-c2ccc(F)cc2)cc1)N1CCC[C@H]1CN1CCCC1. The third kappa shape index (κ3) is 6.77. The van der Waals surface area contributed by atoms with Gasteiger partial charge in [-0.15, -0.1) is 0 Å². The number of benzene rings is 2. The van der Waals surface area contributed by atoms with Gasteiger partial charge in [-0.1, -0.05) is 24.3 Å². The van der Waals surface area contributed by atoms with Crippen LogP contribution in [0.25, 0.3) is 11.1 Å². The highest BCUT2D eigenvalue weighted by Gasteiger charge is 2.38. The number of nitrogens with zero attached hydrogens (tertiary/aromatic N) is 2. The van der Waals surface area contributed by atoms with Crippen molar-refractivity contribution in [3.63, 3.8) is 0 Å². The molecule has 1 N–H and O–H groups in total. The van der Waals surface area contributed by atoms with E-state index >= 15 is 0 Å². The Morgan fingerprint density at radius 2 is 1.39 bits per heavy atom. The van der Waals surface area contributed by atoms with Gasteiger partial charge in [0.2, 0.25) is 0 Å². The highest BCUT2D eigenvalue weighted by molar-refractivity contribution is 5.95. The first-order chi connectivity index (χ1) is 15.6. The van der Waals surface area contributed by atoms with Crippen molar-refractivity contribution in [2.24, 2.45) is 0 Å². The molecule has 9 heteroatoms. The molecule has 0 aliphatic carbocycles. The van der Waals surface area contributed by atoms with Gasteiger partial charge in [-0.2, -0.15) is 13.2 Å². The quantitative estimate of drug-likeness (QED) is 0.656. The van der Waals surface area contributed by atoms with E-state index in [1.54, 1.807) is 12.1 Å². The van der Waals surface area contributed by atoms with E-state index in [4.69, 9.17) is 9.90 Å². The average molecular weight is 466 g/mol. The summed E-state index contributed by atoms with van der Waals surface area (Å²) in [7, 11) is 0. The maximum absolute atomic E-state index is 13.1. The Labute approximate surface area is 189 Å². The highest BCUT2D eigenvalue weighted by Crippen LogP contribution is 2.25. The van der Waals surface area contributed by atoms with Gasteiger partial charge in [0.25, 0.3) is 5.91 Å². The minimum absolute atomic E-state index is 0.136. The van der Waals surface area contributed by atoms with Crippen molar-refractivity contribution >= 4 is 11.9 Å². The zero-order chi connectivity index (χ0) is 24.0. The van der Waals surface area contributed by atoms with E-state index in [0.717, 1.165) is 42.6 Å². The van der Waals surface area contributed by atoms with E-state index in [9.17, 15) is 22.4 Å². The van der Waals surface area contributed by atoms with Crippen LogP contribution in [-0.4, -0.2) is 65.2 Å². The fourth-order valence-electron chi connectivity index (χ4n) is 4.17. The lowest BCUT2D eigenvalue weighted by Crippen LogP contribution is -2.42. The van der Waals surface area contributed by atoms with Gasteiger partial charge >= 0.3 is 12.1 Å². The van der Waals surface area contributed by atoms with Gasteiger partial charge in [-0.05, 0) is 74.2 Å². The van der Waals surface area contributed by atoms with Crippen molar-refractivity contribution in [2.75, 3.05) is 26.2 Å². The molecule has 1 atom stereocenters. The van der Waals surface area contributed by atoms with Crippen LogP contribution in [0, 0.1) is 5.82 Å². The predicted molar refractivity (Wildman–Crippen MR) is 115 cm³/mol. The van der Waals surface area contributed by atoms with Crippen molar-refractivity contribution < 1.29 is 32.3 Å². The second-order valence-corrected chi connectivity index (χ2v) is 8.19. The number of carboxylic acid groups (broad SMARTS) is 1. The number of aliphatic carboxylic acids is 1. The maximum Gasteiger partial charge on any atom is 0.490 e. The number of likely N-dealkylation sites (tertiary alicyclic amines) is 2. The van der Waals surface area contributed by atoms with Gasteiger partial charge in [-0.3, -0.25) is 4.79 Å². The van der Waals surface area contributed by atoms with Crippen molar-refractivity contribution in [3.8, 4) is 11.1 Å². The Hall–Kier alpha value is -2.94. The molecule has 2 aliphatic rings. The van der Waals surface area contributed by atoms with Crippen LogP contribution in [0.1, 0.15) is 36.0 Å². The summed E-state index contributed by atoms with van der Waals surface area (Å²) in [4.78, 5) is 26.4. The van der Waals surface area contributed by atoms with Gasteiger partial charge in [0.1, 0.15) is 5.82 Å². The van der Waals surface area contributed by atoms with E-state index in [0.29, 0.717) is 6.04 Å². The molecule has 5 nitrogen and oxygen atoms in total. The molecule has 0 aromatic heterocycles. The molecule has 2 fully saturated rings. The molecule has 0 unspecified atom stereocenters. The second kappa shape index (κ2) is 10.8. The standard InChI is InChI=1S/C22H25FN2O.C2HF3O2/c23-20-11-9-18(10-12-20)17-5-7-19(8-6-17)22(26)25-15-3-4-21(25)16-24-13-1-2-14-24;3-2(4,5)1(6)7/h5-12,21H,1-4,13-16H2;(H,6,7)/t21-;/m0./s1. The number of hydrogen-bond acceptors (Lipinski definition) is 3. The molecule has 2 saturated heterocycles. The number of amides is 1. The fourth-order valence-corrected chi connectivity index (χ4v) is 4.17. The molecular formula is C24H26F4N2O3. The molecular weight excluding hydrogens is 440 g/mol. The summed E-state index contributed by atoms with van der Waals surface area (Å²) in [6, 6.07) is 14.5. The van der Waals surface area contributed by atoms with E-state index in [1.807, 2.05) is 24.3 Å². The average Bonchev–Trinajstić information content (AvgIpc) is 3.46. The minimum atomic E-state index is -5.08. The topological polar surface area (TPSA) is 60.9 Å². The summed E-state index contributed by atoms with van der Waals surface area (Å²) in [6.07, 6.45) is -0.315. The Kier molecular flexibility index (Phi) is 8.07. The van der Waals surface area contributed by atoms with E-state index < -0.39 is 12.1 Å². The monoisotopic (exact) mass is 466 g/mol. The molecule has 2 aliphatic heterocycles. The summed E-state index contributed by atoms with van der Waals surface area (Å²) in [5, 5.41) is 7.12. The molecule has 178 valence electrons. The Bertz CT molecular complexity index is 940. The summed E-state index contributed by atoms with van der Waals surface area (Å²) in [5.74, 6) is -2.86. The van der Waals surface area contributed by atoms with Gasteiger partial charge in [0.15, 0.2) is 0 Å². The van der Waals surface area contributed by atoms with E-state index in [-0.39, 0.29) is 11.7 Å². The van der Waals surface area contributed by atoms with Crippen LogP contribution in [0.3, 0.4) is 0 Å². The lowest BCUT2D eigenvalue weighted by molar-refractivity contribution is -0.192. The van der Waals surface area contributed by atoms with Crippen LogP contribution >= 0.6 is 0 Å². The first-order valence-electron chi connectivity index (χ1n) is 10.8. The number of alkyl halides is 3. The Morgan fingerprint density at radius 1 is 0.879 bits per heavy atom. The zero-order valence-electron chi connectivity index (χ0n) is 18.0. The largest absolute Gasteiger partial charge is 0.490 e. The Morgan fingerprint density at radius 3 is 1.91 bits per heavy atom. The number of halogens is 4. The van der Waals surface area contributed by atoms with Crippen molar-refractivity contribution in [1.29, 1.82) is 0 Å². The molecule has 1 amide bonds. The second-order valence-electron chi connectivity index (χ2n) is 8.19. The summed E-state index contributed by atoms with van der Waals surface area (Å²) < 4.78 is 44.8. The normalized spacial score (nSPS) is 18.7. The molecule has 0 spiro atoms. The van der Waals surface area contributed by atoms with E-state index in [2.05, 4.69) is 9.80 Å². The summed E-state index contributed by atoms with van der Waals surface area (Å²) in [6.45, 7) is 4.21. The summed E-state index contributed by atoms with van der Waals surface area (Å²) in [5.41, 5.74) is 2.69. The molecule has 2 heterocycles. The van der Waals surface area contributed by atoms with Crippen molar-refractivity contribution in [1.82, 2.24) is 9.80 Å². The molecule has 33 heavy (non-hydrogen) atoms. The molecule has 2 aromatic carbocycles. The zero-order valence-corrected chi connectivity index (χ0v) is 18.0. The van der Waals surface area contributed by atoms with Gasteiger partial charge in [0.05, 0.1) is 0 Å². The molecule has 0 saturated carbocycles. The lowest BCUT2D eigenvalue weighted by atomic mass is 10.0. The van der Waals surface area contributed by atoms with Crippen molar-refractivity contribution in [3.05, 3.63) is 59.9 Å². The number of rotatable bonds is 4. The molecule has 0 radical (unpaired) electrons. The van der Waals surface area contributed by atoms with Crippen LogP contribution in [-0.2, 0) is 4.79 Å². The van der Waals surface area contributed by atoms with Crippen LogP contribution < -0.4 is 0 Å². The first kappa shape index (κ1) is 24.7. The van der Waals surface area contributed by atoms with Crippen LogP contribution in [0.2, 0.25) is 0 Å². The van der Waals surface area contributed by atoms with Crippen LogP contribution in [0.4, 0.5) is 17.6 Å². The number of carbonyl (C=O) groups is 2. The van der Waals surface area contributed by atoms with Gasteiger partial charge in [0, 0.05) is 24.7 Å². The first-order valence-corrected chi connectivity index (χ1v) is 10.8. The fraction of sp³-hybridized carbons (Fsp3) is 0.417. The Balaban J connectivity index is 0.000000383. The molecule has 2 aromatic rings. The van der Waals surface area contributed by atoms with Crippen LogP contribution in [0.15, 0.2) is 48.5 Å². The molecule has 0 bridgehead atoms. The number of carbonyl (C=O) groups excluding carboxylic acids is 1. The predicted octanol–water partition coefficient (Wildman–Crippen LogP) is 4.83. The number of hydrogen-bond donors (Lipinski definition) is 1. The molecule has 4 rings (SSSR count). The van der Waals surface area contributed by atoms with Crippen LogP contribution in [0.5, 0.6) is 0 Å². The van der Waals surface area contributed by atoms with Gasteiger partial charge in [-0.25, -0.2) is 9.18 Å². The maximum atomic E-state index is 13.1. The van der Waals surface area contributed by atoms with Gasteiger partial charge < -0.3 is 14.9 Å². The highest BCUT2D eigenvalue weighted by atomic mass is 19.4. The number of carboxylic acids is 1. The van der Waals surface area contributed by atoms with E-state index in [1.165, 1.54) is 38.1 Å².